The molecule has 0 aliphatic carbocycles. The van der Waals surface area contributed by atoms with Gasteiger partial charge >= 0.3 is 0 Å². The highest BCUT2D eigenvalue weighted by Gasteiger charge is 2.29. The molecule has 1 nitrogen and oxygen atoms in total. The van der Waals surface area contributed by atoms with E-state index in [0.717, 1.165) is 0 Å². The predicted molar refractivity (Wildman–Crippen MR) is 96.5 cm³/mol. The van der Waals surface area contributed by atoms with E-state index in [-0.39, 0.29) is 12.0 Å². The number of carbonyl (C=O) groups is 1. The van der Waals surface area contributed by atoms with Gasteiger partial charge in [-0.05, 0) is 28.9 Å². The van der Waals surface area contributed by atoms with Crippen LogP contribution in [0.2, 0.25) is 24.7 Å². The van der Waals surface area contributed by atoms with Crippen LogP contribution in [-0.2, 0) is 6.42 Å². The van der Waals surface area contributed by atoms with E-state index in [2.05, 4.69) is 15.9 Å². The minimum absolute atomic E-state index is 0.00768. The number of benzene rings is 2. The fourth-order valence-corrected chi connectivity index (χ4v) is 6.24. The quantitative estimate of drug-likeness (QED) is 0.372. The van der Waals surface area contributed by atoms with Gasteiger partial charge in [-0.3, -0.25) is 4.79 Å². The van der Waals surface area contributed by atoms with Crippen molar-refractivity contribution < 1.29 is 13.6 Å². The van der Waals surface area contributed by atoms with Gasteiger partial charge in [0.05, 0.1) is 13.6 Å². The summed E-state index contributed by atoms with van der Waals surface area (Å²) in [7, 11) is -2.08. The first-order chi connectivity index (χ1) is 10.6. The second kappa shape index (κ2) is 6.83. The van der Waals surface area contributed by atoms with Crippen molar-refractivity contribution in [1.29, 1.82) is 0 Å². The lowest BCUT2D eigenvalue weighted by molar-refractivity contribution is 0.0988. The molecule has 0 spiro atoms. The minimum Gasteiger partial charge on any atom is -0.294 e. The molecule has 0 amide bonds. The summed E-state index contributed by atoms with van der Waals surface area (Å²) in [6.45, 7) is 5.76. The number of carbonyl (C=O) groups excluding carboxylic acids is 1. The second-order valence-corrected chi connectivity index (χ2v) is 12.7. The molecule has 0 bridgehead atoms. The van der Waals surface area contributed by atoms with Crippen molar-refractivity contribution in [3.05, 3.63) is 62.6 Å². The van der Waals surface area contributed by atoms with Gasteiger partial charge in [-0.25, -0.2) is 8.78 Å². The van der Waals surface area contributed by atoms with Crippen LogP contribution >= 0.6 is 27.5 Å². The summed E-state index contributed by atoms with van der Waals surface area (Å²) >= 11 is 9.08. The topological polar surface area (TPSA) is 17.1 Å². The molecular weight excluding hydrogens is 402 g/mol. The van der Waals surface area contributed by atoms with Crippen molar-refractivity contribution in [2.24, 2.45) is 0 Å². The zero-order chi connectivity index (χ0) is 17.4. The third kappa shape index (κ3) is 4.08. The molecule has 2 aromatic rings. The molecule has 0 unspecified atom stereocenters. The van der Waals surface area contributed by atoms with E-state index in [0.29, 0.717) is 20.2 Å². The largest absolute Gasteiger partial charge is 0.294 e. The van der Waals surface area contributed by atoms with Crippen molar-refractivity contribution in [2.75, 3.05) is 0 Å². The Labute approximate surface area is 148 Å². The lowest BCUT2D eigenvalue weighted by Gasteiger charge is -2.20. The van der Waals surface area contributed by atoms with Crippen LogP contribution in [0.25, 0.3) is 0 Å². The maximum absolute atomic E-state index is 14.4. The number of Topliss-reactive ketones (excluding diaryl/α,β-unsaturated/α-hetero) is 1. The van der Waals surface area contributed by atoms with Crippen LogP contribution in [0.5, 0.6) is 0 Å². The van der Waals surface area contributed by atoms with Crippen molar-refractivity contribution in [3.8, 4) is 0 Å². The van der Waals surface area contributed by atoms with Crippen LogP contribution in [0.3, 0.4) is 0 Å². The van der Waals surface area contributed by atoms with Gasteiger partial charge < -0.3 is 0 Å². The van der Waals surface area contributed by atoms with Crippen LogP contribution in [0.4, 0.5) is 8.78 Å². The Morgan fingerprint density at radius 1 is 1.13 bits per heavy atom. The van der Waals surface area contributed by atoms with Gasteiger partial charge in [0.1, 0.15) is 0 Å². The normalized spacial score (nSPS) is 11.6. The van der Waals surface area contributed by atoms with E-state index >= 15 is 0 Å². The average Bonchev–Trinajstić information content (AvgIpc) is 2.44. The third-order valence-corrected chi connectivity index (χ3v) is 6.72. The van der Waals surface area contributed by atoms with Gasteiger partial charge in [0.15, 0.2) is 17.4 Å². The highest BCUT2D eigenvalue weighted by molar-refractivity contribution is 9.10. The average molecular weight is 418 g/mol. The highest BCUT2D eigenvalue weighted by atomic mass is 79.9. The summed E-state index contributed by atoms with van der Waals surface area (Å²) in [4.78, 5) is 12.3. The zero-order valence-electron chi connectivity index (χ0n) is 13.0. The molecule has 0 heterocycles. The minimum atomic E-state index is -2.08. The molecular formula is C17H16BrClF2OSi. The van der Waals surface area contributed by atoms with Crippen molar-refractivity contribution >= 4 is 46.6 Å². The molecule has 6 heteroatoms. The Morgan fingerprint density at radius 3 is 2.22 bits per heavy atom. The smallest absolute Gasteiger partial charge is 0.170 e. The summed E-state index contributed by atoms with van der Waals surface area (Å²) in [6, 6.07) is 8.10. The van der Waals surface area contributed by atoms with Crippen molar-refractivity contribution in [3.63, 3.8) is 0 Å². The summed E-state index contributed by atoms with van der Waals surface area (Å²) in [6.07, 6.45) is -0.00768. The molecule has 0 radical (unpaired) electrons. The van der Waals surface area contributed by atoms with Gasteiger partial charge in [0, 0.05) is 15.9 Å². The molecule has 0 atom stereocenters. The maximum Gasteiger partial charge on any atom is 0.170 e. The molecule has 0 saturated carbocycles. The summed E-state index contributed by atoms with van der Waals surface area (Å²) in [5.74, 6) is -2.45. The second-order valence-electron chi connectivity index (χ2n) is 6.39. The van der Waals surface area contributed by atoms with Gasteiger partial charge in [-0.2, -0.15) is 0 Å². The van der Waals surface area contributed by atoms with Gasteiger partial charge in [-0.1, -0.05) is 59.3 Å². The van der Waals surface area contributed by atoms with Gasteiger partial charge in [-0.15, -0.1) is 0 Å². The predicted octanol–water partition coefficient (Wildman–Crippen LogP) is 5.35. The van der Waals surface area contributed by atoms with E-state index in [1.165, 1.54) is 6.07 Å². The van der Waals surface area contributed by atoms with E-state index in [9.17, 15) is 13.6 Å². The zero-order valence-corrected chi connectivity index (χ0v) is 16.4. The van der Waals surface area contributed by atoms with Crippen LogP contribution in [0.1, 0.15) is 15.9 Å². The third-order valence-electron chi connectivity index (χ3n) is 3.49. The monoisotopic (exact) mass is 416 g/mol. The first kappa shape index (κ1) is 18.3. The molecule has 2 aromatic carbocycles. The van der Waals surface area contributed by atoms with Crippen LogP contribution in [0, 0.1) is 11.6 Å². The van der Waals surface area contributed by atoms with Gasteiger partial charge in [0.25, 0.3) is 0 Å². The molecule has 0 N–H and O–H groups in total. The lowest BCUT2D eigenvalue weighted by atomic mass is 10.0. The van der Waals surface area contributed by atoms with E-state index < -0.39 is 25.5 Å². The Balaban J connectivity index is 2.40. The number of hydrogen-bond donors (Lipinski definition) is 0. The molecule has 0 fully saturated rings. The van der Waals surface area contributed by atoms with Crippen LogP contribution in [-0.4, -0.2) is 13.9 Å². The highest BCUT2D eigenvalue weighted by Crippen LogP contribution is 2.23. The molecule has 2 rings (SSSR count). The maximum atomic E-state index is 14.4. The first-order valence-electron chi connectivity index (χ1n) is 7.07. The summed E-state index contributed by atoms with van der Waals surface area (Å²) in [5.41, 5.74) is 0.468. The number of ketones is 1. The Bertz CT molecular complexity index is 755. The Morgan fingerprint density at radius 2 is 1.70 bits per heavy atom. The molecule has 0 aliphatic heterocycles. The molecule has 0 aliphatic rings. The summed E-state index contributed by atoms with van der Waals surface area (Å²) in [5, 5.41) is 0.915. The fraction of sp³-hybridized carbons (Fsp3) is 0.235. The first-order valence-corrected chi connectivity index (χ1v) is 11.7. The van der Waals surface area contributed by atoms with E-state index in [1.807, 2.05) is 19.6 Å². The SMILES string of the molecule is C[Si](C)(C)c1c(Br)cc(C(=O)Cc2ccc(Cl)cc2)c(F)c1F. The van der Waals surface area contributed by atoms with Gasteiger partial charge in [0.2, 0.25) is 0 Å². The Kier molecular flexibility index (Phi) is 5.43. The van der Waals surface area contributed by atoms with Crippen LogP contribution in [0.15, 0.2) is 34.8 Å². The van der Waals surface area contributed by atoms with Crippen LogP contribution < -0.4 is 5.19 Å². The lowest BCUT2D eigenvalue weighted by Crippen LogP contribution is -2.42. The number of halogens is 4. The fourth-order valence-electron chi connectivity index (χ4n) is 2.37. The number of hydrogen-bond acceptors (Lipinski definition) is 1. The molecule has 0 saturated heterocycles. The molecule has 122 valence electrons. The van der Waals surface area contributed by atoms with E-state index in [4.69, 9.17) is 11.6 Å². The van der Waals surface area contributed by atoms with Crippen molar-refractivity contribution in [2.45, 2.75) is 26.1 Å². The standard InChI is InChI=1S/C17H16BrClF2OSi/c1-23(2,3)17-13(18)9-12(15(20)16(17)21)14(22)8-10-4-6-11(19)7-5-10/h4-7,9H,8H2,1-3H3. The molecule has 23 heavy (non-hydrogen) atoms. The number of rotatable bonds is 4. The molecule has 0 aromatic heterocycles. The Hall–Kier alpha value is -1.04. The van der Waals surface area contributed by atoms with Crippen molar-refractivity contribution in [1.82, 2.24) is 0 Å². The van der Waals surface area contributed by atoms with E-state index in [1.54, 1.807) is 24.3 Å². The summed E-state index contributed by atoms with van der Waals surface area (Å²) < 4.78 is 29.3.